The fourth-order valence-corrected chi connectivity index (χ4v) is 2.45. The van der Waals surface area contributed by atoms with Gasteiger partial charge in [-0.25, -0.2) is 4.90 Å². The minimum Gasteiger partial charge on any atom is -0.424 e. The fraction of sp³-hybridized carbons (Fsp3) is 0.118. The lowest BCUT2D eigenvalue weighted by molar-refractivity contribution is -0.131. The predicted octanol–water partition coefficient (Wildman–Crippen LogP) is 2.72. The lowest BCUT2D eigenvalue weighted by atomic mass is 10.1. The van der Waals surface area contributed by atoms with Gasteiger partial charge in [0.2, 0.25) is 0 Å². The van der Waals surface area contributed by atoms with Crippen LogP contribution < -0.4 is 9.64 Å². The maximum absolute atomic E-state index is 12.5. The Labute approximate surface area is 127 Å². The Morgan fingerprint density at radius 1 is 1.00 bits per heavy atom. The van der Waals surface area contributed by atoms with Crippen LogP contribution in [0.3, 0.4) is 0 Å². The second kappa shape index (κ2) is 5.11. The van der Waals surface area contributed by atoms with Crippen LogP contribution in [0.4, 0.5) is 5.69 Å². The number of esters is 1. The number of anilines is 1. The molecule has 5 nitrogen and oxygen atoms in total. The minimum atomic E-state index is -0.512. The average Bonchev–Trinajstić information content (AvgIpc) is 2.73. The molecule has 0 saturated carbocycles. The molecule has 1 heterocycles. The number of carbonyl (C=O) groups is 3. The number of rotatable bonds is 2. The summed E-state index contributed by atoms with van der Waals surface area (Å²) in [5, 5.41) is 0. The van der Waals surface area contributed by atoms with Crippen molar-refractivity contribution in [2.24, 2.45) is 0 Å². The van der Waals surface area contributed by atoms with E-state index in [0.717, 1.165) is 10.5 Å². The van der Waals surface area contributed by atoms with Gasteiger partial charge in [0.1, 0.15) is 0 Å². The zero-order valence-corrected chi connectivity index (χ0v) is 12.1. The van der Waals surface area contributed by atoms with Crippen molar-refractivity contribution in [3.05, 3.63) is 59.2 Å². The number of ether oxygens (including phenoxy) is 1. The molecule has 0 N–H and O–H groups in total. The second-order valence-corrected chi connectivity index (χ2v) is 5.06. The number of nitrogens with zero attached hydrogens (tertiary/aromatic N) is 1. The van der Waals surface area contributed by atoms with Gasteiger partial charge in [-0.3, -0.25) is 14.4 Å². The van der Waals surface area contributed by atoms with Crippen LogP contribution in [0.2, 0.25) is 0 Å². The molecule has 2 aromatic rings. The summed E-state index contributed by atoms with van der Waals surface area (Å²) in [6, 6.07) is 11.6. The molecule has 0 atom stereocenters. The Morgan fingerprint density at radius 2 is 1.59 bits per heavy atom. The monoisotopic (exact) mass is 295 g/mol. The van der Waals surface area contributed by atoms with Gasteiger partial charge in [0.15, 0.2) is 5.75 Å². The number of carbonyl (C=O) groups excluding carboxylic acids is 3. The third kappa shape index (κ3) is 2.16. The van der Waals surface area contributed by atoms with Crippen molar-refractivity contribution >= 4 is 23.5 Å². The maximum atomic E-state index is 12.5. The number of amides is 2. The smallest absolute Gasteiger partial charge is 0.308 e. The van der Waals surface area contributed by atoms with Crippen molar-refractivity contribution in [1.29, 1.82) is 0 Å². The fourth-order valence-electron chi connectivity index (χ4n) is 2.45. The molecule has 0 fully saturated rings. The van der Waals surface area contributed by atoms with E-state index in [4.69, 9.17) is 4.74 Å². The van der Waals surface area contributed by atoms with Gasteiger partial charge in [-0.05, 0) is 36.8 Å². The molecular formula is C17H13NO4. The van der Waals surface area contributed by atoms with Gasteiger partial charge in [0.05, 0.1) is 16.8 Å². The van der Waals surface area contributed by atoms with Crippen molar-refractivity contribution < 1.29 is 19.1 Å². The predicted molar refractivity (Wildman–Crippen MR) is 80.1 cm³/mol. The number of fused-ring (bicyclic) bond motifs is 1. The molecule has 1 aliphatic rings. The molecule has 0 radical (unpaired) electrons. The van der Waals surface area contributed by atoms with E-state index < -0.39 is 17.8 Å². The summed E-state index contributed by atoms with van der Waals surface area (Å²) in [5.74, 6) is -1.16. The zero-order chi connectivity index (χ0) is 15.9. The SMILES string of the molecule is CC(=O)Oc1ccc(C)cc1N1C(=O)c2ccccc2C1=O. The number of hydrogen-bond donors (Lipinski definition) is 0. The molecular weight excluding hydrogens is 282 g/mol. The van der Waals surface area contributed by atoms with Crippen LogP contribution in [0.5, 0.6) is 5.75 Å². The summed E-state index contributed by atoms with van der Waals surface area (Å²) in [6.45, 7) is 3.10. The standard InChI is InChI=1S/C17H13NO4/c1-10-7-8-15(22-11(2)19)14(9-10)18-16(20)12-5-3-4-6-13(12)17(18)21/h3-9H,1-2H3. The highest BCUT2D eigenvalue weighted by molar-refractivity contribution is 6.34. The number of aryl methyl sites for hydroxylation is 1. The van der Waals surface area contributed by atoms with Gasteiger partial charge in [-0.15, -0.1) is 0 Å². The van der Waals surface area contributed by atoms with Crippen LogP contribution >= 0.6 is 0 Å². The number of hydrogen-bond acceptors (Lipinski definition) is 4. The molecule has 2 aromatic carbocycles. The van der Waals surface area contributed by atoms with Gasteiger partial charge in [0, 0.05) is 6.92 Å². The molecule has 110 valence electrons. The third-order valence-electron chi connectivity index (χ3n) is 3.40. The van der Waals surface area contributed by atoms with E-state index in [0.29, 0.717) is 11.1 Å². The molecule has 0 bridgehead atoms. The van der Waals surface area contributed by atoms with Crippen molar-refractivity contribution in [3.63, 3.8) is 0 Å². The Balaban J connectivity index is 2.13. The van der Waals surface area contributed by atoms with Crippen molar-refractivity contribution in [2.45, 2.75) is 13.8 Å². The first-order valence-corrected chi connectivity index (χ1v) is 6.76. The molecule has 0 unspecified atom stereocenters. The molecule has 0 spiro atoms. The van der Waals surface area contributed by atoms with Gasteiger partial charge in [-0.1, -0.05) is 18.2 Å². The van der Waals surface area contributed by atoms with E-state index in [2.05, 4.69) is 0 Å². The van der Waals surface area contributed by atoms with E-state index >= 15 is 0 Å². The Kier molecular flexibility index (Phi) is 3.25. The van der Waals surface area contributed by atoms with Crippen LogP contribution in [0.1, 0.15) is 33.2 Å². The first kappa shape index (κ1) is 14.0. The normalized spacial score (nSPS) is 13.3. The average molecular weight is 295 g/mol. The zero-order valence-electron chi connectivity index (χ0n) is 12.1. The quantitative estimate of drug-likeness (QED) is 0.485. The van der Waals surface area contributed by atoms with Crippen molar-refractivity contribution in [3.8, 4) is 5.75 Å². The number of benzene rings is 2. The van der Waals surface area contributed by atoms with E-state index in [1.807, 2.05) is 6.92 Å². The Bertz CT molecular complexity index is 775. The van der Waals surface area contributed by atoms with Crippen LogP contribution in [0.25, 0.3) is 0 Å². The molecule has 2 amide bonds. The lowest BCUT2D eigenvalue weighted by Crippen LogP contribution is -2.30. The minimum absolute atomic E-state index is 0.188. The highest BCUT2D eigenvalue weighted by Crippen LogP contribution is 2.35. The van der Waals surface area contributed by atoms with Gasteiger partial charge in [0.25, 0.3) is 11.8 Å². The summed E-state index contributed by atoms with van der Waals surface area (Å²) in [4.78, 5) is 37.3. The summed E-state index contributed by atoms with van der Waals surface area (Å²) in [5.41, 5.74) is 1.83. The van der Waals surface area contributed by atoms with Crippen LogP contribution in [-0.4, -0.2) is 17.8 Å². The van der Waals surface area contributed by atoms with Crippen LogP contribution in [-0.2, 0) is 4.79 Å². The van der Waals surface area contributed by atoms with Crippen LogP contribution in [0, 0.1) is 6.92 Å². The third-order valence-corrected chi connectivity index (χ3v) is 3.40. The summed E-state index contributed by atoms with van der Waals surface area (Å²) in [6.07, 6.45) is 0. The molecule has 0 aliphatic carbocycles. The van der Waals surface area contributed by atoms with Crippen LogP contribution in [0.15, 0.2) is 42.5 Å². The van der Waals surface area contributed by atoms with Gasteiger partial charge >= 0.3 is 5.97 Å². The van der Waals surface area contributed by atoms with E-state index in [9.17, 15) is 14.4 Å². The second-order valence-electron chi connectivity index (χ2n) is 5.06. The molecule has 0 saturated heterocycles. The molecule has 0 aromatic heterocycles. The summed E-state index contributed by atoms with van der Waals surface area (Å²) >= 11 is 0. The molecule has 22 heavy (non-hydrogen) atoms. The van der Waals surface area contributed by atoms with Gasteiger partial charge < -0.3 is 4.74 Å². The molecule has 5 heteroatoms. The van der Waals surface area contributed by atoms with Gasteiger partial charge in [-0.2, -0.15) is 0 Å². The molecule has 3 rings (SSSR count). The van der Waals surface area contributed by atoms with E-state index in [1.165, 1.54) is 6.92 Å². The first-order valence-electron chi connectivity index (χ1n) is 6.76. The summed E-state index contributed by atoms with van der Waals surface area (Å²) in [7, 11) is 0. The largest absolute Gasteiger partial charge is 0.424 e. The highest BCUT2D eigenvalue weighted by atomic mass is 16.5. The maximum Gasteiger partial charge on any atom is 0.308 e. The van der Waals surface area contributed by atoms with E-state index in [-0.39, 0.29) is 11.4 Å². The Morgan fingerprint density at radius 3 is 2.14 bits per heavy atom. The lowest BCUT2D eigenvalue weighted by Gasteiger charge is -2.18. The first-order chi connectivity index (χ1) is 10.5. The number of imide groups is 1. The summed E-state index contributed by atoms with van der Waals surface area (Å²) < 4.78 is 5.12. The van der Waals surface area contributed by atoms with E-state index in [1.54, 1.807) is 42.5 Å². The Hall–Kier alpha value is -2.95. The van der Waals surface area contributed by atoms with Crippen molar-refractivity contribution in [1.82, 2.24) is 0 Å². The molecule has 1 aliphatic heterocycles. The highest BCUT2D eigenvalue weighted by Gasteiger charge is 2.37. The topological polar surface area (TPSA) is 63.7 Å². The van der Waals surface area contributed by atoms with Crippen molar-refractivity contribution in [2.75, 3.05) is 4.90 Å².